The number of aromatic carboxylic acids is 1. The van der Waals surface area contributed by atoms with Crippen LogP contribution in [0.3, 0.4) is 0 Å². The molecule has 1 saturated carbocycles. The second-order valence-electron chi connectivity index (χ2n) is 5.67. The molecule has 1 aliphatic carbocycles. The maximum absolute atomic E-state index is 12.1. The highest BCUT2D eigenvalue weighted by Gasteiger charge is 2.44. The third-order valence-corrected chi connectivity index (χ3v) is 5.07. The van der Waals surface area contributed by atoms with Crippen molar-refractivity contribution in [3.63, 3.8) is 0 Å². The minimum absolute atomic E-state index is 0.0899. The first-order valence-electron chi connectivity index (χ1n) is 6.89. The lowest BCUT2D eigenvalue weighted by Crippen LogP contribution is -2.37. The van der Waals surface area contributed by atoms with Crippen LogP contribution in [0.15, 0.2) is 12.1 Å². The van der Waals surface area contributed by atoms with E-state index in [1.54, 1.807) is 0 Å². The SMILES string of the molecule is C[C@@H]1C[C@H]1N1C[C@@H](NC(=O)c2ccc(C(=O)O)s2)CC1=O. The zero-order chi connectivity index (χ0) is 15.1. The predicted octanol–water partition coefficient (Wildman–Crippen LogP) is 1.19. The lowest BCUT2D eigenvalue weighted by atomic mass is 10.2. The first kappa shape index (κ1) is 14.1. The Bertz CT molecular complexity index is 612. The number of carbonyl (C=O) groups excluding carboxylic acids is 2. The highest BCUT2D eigenvalue weighted by molar-refractivity contribution is 7.15. The van der Waals surface area contributed by atoms with Crippen molar-refractivity contribution in [3.8, 4) is 0 Å². The van der Waals surface area contributed by atoms with Gasteiger partial charge in [0, 0.05) is 19.0 Å². The molecule has 1 aromatic rings. The zero-order valence-corrected chi connectivity index (χ0v) is 12.4. The van der Waals surface area contributed by atoms with E-state index >= 15 is 0 Å². The fourth-order valence-electron chi connectivity index (χ4n) is 2.72. The van der Waals surface area contributed by atoms with Gasteiger partial charge in [-0.2, -0.15) is 0 Å². The largest absolute Gasteiger partial charge is 0.477 e. The molecule has 1 aromatic heterocycles. The maximum Gasteiger partial charge on any atom is 0.345 e. The number of carboxylic acids is 1. The Hall–Kier alpha value is -1.89. The van der Waals surface area contributed by atoms with E-state index in [4.69, 9.17) is 5.11 Å². The van der Waals surface area contributed by atoms with E-state index in [9.17, 15) is 14.4 Å². The third kappa shape index (κ3) is 2.78. The number of nitrogens with one attached hydrogen (secondary N) is 1. The molecule has 7 heteroatoms. The van der Waals surface area contributed by atoms with Crippen LogP contribution in [-0.2, 0) is 4.79 Å². The molecule has 0 spiro atoms. The van der Waals surface area contributed by atoms with Gasteiger partial charge in [0.05, 0.1) is 10.9 Å². The number of nitrogens with zero attached hydrogens (tertiary/aromatic N) is 1. The molecule has 0 bridgehead atoms. The summed E-state index contributed by atoms with van der Waals surface area (Å²) >= 11 is 0.943. The van der Waals surface area contributed by atoms with Gasteiger partial charge < -0.3 is 15.3 Å². The van der Waals surface area contributed by atoms with Gasteiger partial charge in [0.25, 0.3) is 5.91 Å². The number of likely N-dealkylation sites (tertiary alicyclic amines) is 1. The lowest BCUT2D eigenvalue weighted by molar-refractivity contribution is -0.128. The minimum atomic E-state index is -1.04. The average Bonchev–Trinajstić information content (AvgIpc) is 2.86. The minimum Gasteiger partial charge on any atom is -0.477 e. The third-order valence-electron chi connectivity index (χ3n) is 4.00. The Labute approximate surface area is 125 Å². The van der Waals surface area contributed by atoms with Crippen molar-refractivity contribution >= 4 is 29.1 Å². The molecule has 112 valence electrons. The summed E-state index contributed by atoms with van der Waals surface area (Å²) < 4.78 is 0. The fourth-order valence-corrected chi connectivity index (χ4v) is 3.47. The van der Waals surface area contributed by atoms with Gasteiger partial charge in [0.1, 0.15) is 4.88 Å². The second-order valence-corrected chi connectivity index (χ2v) is 6.75. The molecule has 3 rings (SSSR count). The maximum atomic E-state index is 12.1. The molecule has 0 unspecified atom stereocenters. The van der Waals surface area contributed by atoms with Gasteiger partial charge in [0.15, 0.2) is 0 Å². The van der Waals surface area contributed by atoms with Crippen LogP contribution in [0.5, 0.6) is 0 Å². The summed E-state index contributed by atoms with van der Waals surface area (Å²) in [6, 6.07) is 3.06. The highest BCUT2D eigenvalue weighted by atomic mass is 32.1. The molecule has 2 amide bonds. The molecule has 2 aliphatic rings. The molecule has 1 aliphatic heterocycles. The first-order valence-corrected chi connectivity index (χ1v) is 7.71. The molecule has 3 atom stereocenters. The van der Waals surface area contributed by atoms with Gasteiger partial charge in [-0.05, 0) is 24.5 Å². The van der Waals surface area contributed by atoms with Crippen molar-refractivity contribution in [2.24, 2.45) is 5.92 Å². The number of rotatable bonds is 4. The van der Waals surface area contributed by atoms with E-state index in [1.807, 2.05) is 4.90 Å². The molecule has 2 N–H and O–H groups in total. The molecule has 1 saturated heterocycles. The molecular formula is C14H16N2O4S. The molecule has 0 radical (unpaired) electrons. The van der Waals surface area contributed by atoms with E-state index in [1.165, 1.54) is 12.1 Å². The van der Waals surface area contributed by atoms with Crippen LogP contribution in [0.4, 0.5) is 0 Å². The molecule has 2 heterocycles. The lowest BCUT2D eigenvalue weighted by Gasteiger charge is -2.16. The van der Waals surface area contributed by atoms with Crippen LogP contribution in [0, 0.1) is 5.92 Å². The molecular weight excluding hydrogens is 292 g/mol. The van der Waals surface area contributed by atoms with Crippen LogP contribution >= 0.6 is 11.3 Å². The Morgan fingerprint density at radius 1 is 1.38 bits per heavy atom. The number of carboxylic acid groups (broad SMARTS) is 1. The van der Waals surface area contributed by atoms with Gasteiger partial charge >= 0.3 is 5.97 Å². The van der Waals surface area contributed by atoms with Gasteiger partial charge in [0.2, 0.25) is 5.91 Å². The summed E-state index contributed by atoms with van der Waals surface area (Å²) in [5.74, 6) is -0.703. The number of hydrogen-bond donors (Lipinski definition) is 2. The Balaban J connectivity index is 1.60. The average molecular weight is 308 g/mol. The van der Waals surface area contributed by atoms with E-state index in [0.717, 1.165) is 17.8 Å². The highest BCUT2D eigenvalue weighted by Crippen LogP contribution is 2.37. The summed E-state index contributed by atoms with van der Waals surface area (Å²) in [5, 5.41) is 11.7. The van der Waals surface area contributed by atoms with Crippen molar-refractivity contribution in [1.82, 2.24) is 10.2 Å². The second kappa shape index (κ2) is 5.14. The quantitative estimate of drug-likeness (QED) is 0.874. The van der Waals surface area contributed by atoms with Gasteiger partial charge in [-0.15, -0.1) is 11.3 Å². The van der Waals surface area contributed by atoms with Gasteiger partial charge in [-0.1, -0.05) is 6.92 Å². The summed E-state index contributed by atoms with van der Waals surface area (Å²) in [6.07, 6.45) is 1.37. The van der Waals surface area contributed by atoms with Crippen molar-refractivity contribution in [2.45, 2.75) is 31.8 Å². The summed E-state index contributed by atoms with van der Waals surface area (Å²) in [4.78, 5) is 37.2. The Kier molecular flexibility index (Phi) is 3.44. The summed E-state index contributed by atoms with van der Waals surface area (Å²) in [6.45, 7) is 2.67. The van der Waals surface area contributed by atoms with E-state index in [2.05, 4.69) is 12.2 Å². The predicted molar refractivity (Wildman–Crippen MR) is 76.4 cm³/mol. The molecule has 2 fully saturated rings. The van der Waals surface area contributed by atoms with Crippen molar-refractivity contribution in [1.29, 1.82) is 0 Å². The Morgan fingerprint density at radius 3 is 2.62 bits per heavy atom. The topological polar surface area (TPSA) is 86.7 Å². The van der Waals surface area contributed by atoms with Crippen LogP contribution in [0.1, 0.15) is 39.1 Å². The van der Waals surface area contributed by atoms with Crippen LogP contribution in [-0.4, -0.2) is 46.4 Å². The summed E-state index contributed by atoms with van der Waals surface area (Å²) in [5.41, 5.74) is 0. The number of thiophene rings is 1. The molecule has 21 heavy (non-hydrogen) atoms. The first-order chi connectivity index (χ1) is 9.95. The number of hydrogen-bond acceptors (Lipinski definition) is 4. The van der Waals surface area contributed by atoms with Crippen molar-refractivity contribution in [2.75, 3.05) is 6.54 Å². The Morgan fingerprint density at radius 2 is 2.05 bits per heavy atom. The van der Waals surface area contributed by atoms with E-state index in [0.29, 0.717) is 29.8 Å². The van der Waals surface area contributed by atoms with Crippen LogP contribution < -0.4 is 5.32 Å². The molecule has 6 nitrogen and oxygen atoms in total. The van der Waals surface area contributed by atoms with Crippen LogP contribution in [0.25, 0.3) is 0 Å². The summed E-state index contributed by atoms with van der Waals surface area (Å²) in [7, 11) is 0. The molecule has 0 aromatic carbocycles. The van der Waals surface area contributed by atoms with E-state index < -0.39 is 5.97 Å². The number of carbonyl (C=O) groups is 3. The van der Waals surface area contributed by atoms with Gasteiger partial charge in [-0.3, -0.25) is 9.59 Å². The monoisotopic (exact) mass is 308 g/mol. The fraction of sp³-hybridized carbons (Fsp3) is 0.500. The smallest absolute Gasteiger partial charge is 0.345 e. The van der Waals surface area contributed by atoms with Crippen molar-refractivity contribution < 1.29 is 19.5 Å². The van der Waals surface area contributed by atoms with Crippen molar-refractivity contribution in [3.05, 3.63) is 21.9 Å². The standard InChI is InChI=1S/C14H16N2O4S/c1-7-4-9(7)16-6-8(5-12(16)17)15-13(18)10-2-3-11(21-10)14(19)20/h2-3,7-9H,4-6H2,1H3,(H,15,18)(H,19,20)/t7-,8+,9-/m1/s1. The number of amides is 2. The van der Waals surface area contributed by atoms with Gasteiger partial charge in [-0.25, -0.2) is 4.79 Å². The van der Waals surface area contributed by atoms with E-state index in [-0.39, 0.29) is 22.7 Å². The van der Waals surface area contributed by atoms with Crippen LogP contribution in [0.2, 0.25) is 0 Å². The normalized spacial score (nSPS) is 27.8. The zero-order valence-electron chi connectivity index (χ0n) is 11.5.